The number of benzene rings is 1. The normalized spacial score (nSPS) is 11.3. The lowest BCUT2D eigenvalue weighted by Crippen LogP contribution is -2.02. The van der Waals surface area contributed by atoms with E-state index in [0.717, 1.165) is 22.0 Å². The van der Waals surface area contributed by atoms with Crippen molar-refractivity contribution >= 4 is 22.9 Å². The van der Waals surface area contributed by atoms with E-state index in [1.807, 2.05) is 0 Å². The maximum atomic E-state index is 13.9. The van der Waals surface area contributed by atoms with Crippen LogP contribution in [0.5, 0.6) is 0 Å². The van der Waals surface area contributed by atoms with Crippen molar-refractivity contribution in [2.45, 2.75) is 33.2 Å². The maximum Gasteiger partial charge on any atom is 0.145 e. The molecule has 0 spiro atoms. The summed E-state index contributed by atoms with van der Waals surface area (Å²) >= 11 is 7.37. The van der Waals surface area contributed by atoms with E-state index in [1.54, 1.807) is 29.5 Å². The van der Waals surface area contributed by atoms with Crippen molar-refractivity contribution < 1.29 is 4.39 Å². The highest BCUT2D eigenvalue weighted by Crippen LogP contribution is 2.25. The smallest absolute Gasteiger partial charge is 0.145 e. The Morgan fingerprint density at radius 1 is 1.40 bits per heavy atom. The topological polar surface area (TPSA) is 38.9 Å². The Hall–Kier alpha value is -0.970. The molecule has 0 atom stereocenters. The highest BCUT2D eigenvalue weighted by molar-refractivity contribution is 7.11. The van der Waals surface area contributed by atoms with Crippen LogP contribution in [0.15, 0.2) is 18.2 Å². The monoisotopic (exact) mass is 312 g/mol. The molecule has 20 heavy (non-hydrogen) atoms. The van der Waals surface area contributed by atoms with Gasteiger partial charge in [-0.1, -0.05) is 37.6 Å². The van der Waals surface area contributed by atoms with E-state index in [2.05, 4.69) is 18.8 Å². The molecule has 108 valence electrons. The average molecular weight is 313 g/mol. The third-order valence-corrected chi connectivity index (χ3v) is 4.39. The van der Waals surface area contributed by atoms with Crippen molar-refractivity contribution in [3.8, 4) is 0 Å². The second-order valence-electron chi connectivity index (χ2n) is 5.17. The Morgan fingerprint density at radius 3 is 2.80 bits per heavy atom. The van der Waals surface area contributed by atoms with Crippen LogP contribution in [-0.2, 0) is 19.4 Å². The molecule has 2 N–H and O–H groups in total. The number of rotatable bonds is 5. The molecule has 0 aliphatic carbocycles. The lowest BCUT2D eigenvalue weighted by molar-refractivity contribution is 0.613. The number of hydrogen-bond acceptors (Lipinski definition) is 3. The van der Waals surface area contributed by atoms with Crippen LogP contribution in [0.4, 0.5) is 4.39 Å². The van der Waals surface area contributed by atoms with E-state index < -0.39 is 0 Å². The van der Waals surface area contributed by atoms with Crippen LogP contribution >= 0.6 is 22.9 Å². The number of nitrogens with zero attached hydrogens (tertiary/aromatic N) is 1. The number of nitrogens with two attached hydrogens (primary N) is 1. The molecule has 0 bridgehead atoms. The van der Waals surface area contributed by atoms with Gasteiger partial charge in [-0.2, -0.15) is 0 Å². The van der Waals surface area contributed by atoms with E-state index in [4.69, 9.17) is 17.3 Å². The van der Waals surface area contributed by atoms with Crippen molar-refractivity contribution in [1.29, 1.82) is 0 Å². The summed E-state index contributed by atoms with van der Waals surface area (Å²) in [5.74, 6) is 0.169. The molecule has 1 aromatic heterocycles. The first-order valence-corrected chi connectivity index (χ1v) is 7.81. The number of halogens is 2. The minimum atomic E-state index is -0.357. The predicted molar refractivity (Wildman–Crippen MR) is 82.8 cm³/mol. The van der Waals surface area contributed by atoms with Crippen molar-refractivity contribution in [3.05, 3.63) is 50.2 Å². The fraction of sp³-hybridized carbons (Fsp3) is 0.400. The molecule has 0 saturated heterocycles. The third kappa shape index (κ3) is 3.57. The van der Waals surface area contributed by atoms with Gasteiger partial charge in [0.05, 0.1) is 15.7 Å². The molecule has 0 unspecified atom stereocenters. The molecule has 0 amide bonds. The Kier molecular flexibility index (Phi) is 5.13. The highest BCUT2D eigenvalue weighted by Gasteiger charge is 2.14. The van der Waals surface area contributed by atoms with E-state index >= 15 is 0 Å². The molecular formula is C15H18ClFN2S. The first-order valence-electron chi connectivity index (χ1n) is 6.61. The summed E-state index contributed by atoms with van der Waals surface area (Å²) in [4.78, 5) is 5.71. The Balaban J connectivity index is 2.25. The van der Waals surface area contributed by atoms with Gasteiger partial charge < -0.3 is 5.73 Å². The fourth-order valence-electron chi connectivity index (χ4n) is 2.07. The van der Waals surface area contributed by atoms with Crippen LogP contribution in [-0.4, -0.2) is 4.98 Å². The van der Waals surface area contributed by atoms with Crippen LogP contribution in [0, 0.1) is 11.7 Å². The first-order chi connectivity index (χ1) is 9.51. The van der Waals surface area contributed by atoms with Crippen LogP contribution in [0.2, 0.25) is 5.02 Å². The van der Waals surface area contributed by atoms with Gasteiger partial charge in [-0.3, -0.25) is 0 Å². The second-order valence-corrected chi connectivity index (χ2v) is 6.74. The lowest BCUT2D eigenvalue weighted by Gasteiger charge is -2.03. The van der Waals surface area contributed by atoms with Crippen molar-refractivity contribution in [3.63, 3.8) is 0 Å². The molecule has 0 saturated carbocycles. The van der Waals surface area contributed by atoms with Gasteiger partial charge in [0.15, 0.2) is 0 Å². The predicted octanol–water partition coefficient (Wildman–Crippen LogP) is 4.18. The van der Waals surface area contributed by atoms with Crippen molar-refractivity contribution in [1.82, 2.24) is 4.98 Å². The molecule has 2 aromatic rings. The SMILES string of the molecule is CC(C)Cc1nc(Cc2cccc(Cl)c2F)sc1CN. The van der Waals surface area contributed by atoms with Crippen molar-refractivity contribution in [2.24, 2.45) is 11.7 Å². The molecule has 5 heteroatoms. The van der Waals surface area contributed by atoms with Gasteiger partial charge >= 0.3 is 0 Å². The number of hydrogen-bond donors (Lipinski definition) is 1. The molecule has 1 aromatic carbocycles. The standard InChI is InChI=1S/C15H18ClFN2S/c1-9(2)6-12-13(8-18)20-14(19-12)7-10-4-3-5-11(16)15(10)17/h3-5,9H,6-8,18H2,1-2H3. The van der Waals surface area contributed by atoms with Gasteiger partial charge in [-0.05, 0) is 24.0 Å². The Bertz CT molecular complexity index is 596. The zero-order valence-electron chi connectivity index (χ0n) is 11.6. The summed E-state index contributed by atoms with van der Waals surface area (Å²) in [6.07, 6.45) is 1.36. The van der Waals surface area contributed by atoms with Gasteiger partial charge in [-0.15, -0.1) is 11.3 Å². The zero-order valence-corrected chi connectivity index (χ0v) is 13.2. The summed E-state index contributed by atoms with van der Waals surface area (Å²) in [6.45, 7) is 4.78. The van der Waals surface area contributed by atoms with E-state index in [-0.39, 0.29) is 10.8 Å². The van der Waals surface area contributed by atoms with Crippen molar-refractivity contribution in [2.75, 3.05) is 0 Å². The summed E-state index contributed by atoms with van der Waals surface area (Å²) < 4.78 is 13.9. The van der Waals surface area contributed by atoms with Gasteiger partial charge in [0.25, 0.3) is 0 Å². The fourth-order valence-corrected chi connectivity index (χ4v) is 3.26. The van der Waals surface area contributed by atoms with Gasteiger partial charge in [0, 0.05) is 17.8 Å². The summed E-state index contributed by atoms with van der Waals surface area (Å²) in [5, 5.41) is 1.04. The van der Waals surface area contributed by atoms with Gasteiger partial charge in [-0.25, -0.2) is 9.37 Å². The quantitative estimate of drug-likeness (QED) is 0.899. The van der Waals surface area contributed by atoms with Crippen LogP contribution in [0.3, 0.4) is 0 Å². The molecule has 0 fully saturated rings. The Morgan fingerprint density at radius 2 is 2.15 bits per heavy atom. The average Bonchev–Trinajstić information content (AvgIpc) is 2.76. The maximum absolute atomic E-state index is 13.9. The third-order valence-electron chi connectivity index (χ3n) is 2.98. The van der Waals surface area contributed by atoms with Crippen LogP contribution in [0.1, 0.15) is 35.0 Å². The van der Waals surface area contributed by atoms with E-state index in [9.17, 15) is 4.39 Å². The van der Waals surface area contributed by atoms with E-state index in [0.29, 0.717) is 24.4 Å². The molecule has 1 heterocycles. The Labute approximate surface area is 127 Å². The molecule has 2 nitrogen and oxygen atoms in total. The molecule has 0 radical (unpaired) electrons. The van der Waals surface area contributed by atoms with Gasteiger partial charge in [0.1, 0.15) is 5.82 Å². The van der Waals surface area contributed by atoms with Crippen LogP contribution in [0.25, 0.3) is 0 Å². The summed E-state index contributed by atoms with van der Waals surface area (Å²) in [6, 6.07) is 5.05. The van der Waals surface area contributed by atoms with Crippen LogP contribution < -0.4 is 5.73 Å². The minimum absolute atomic E-state index is 0.153. The largest absolute Gasteiger partial charge is 0.326 e. The second kappa shape index (κ2) is 6.66. The van der Waals surface area contributed by atoms with E-state index in [1.165, 1.54) is 0 Å². The number of thiazole rings is 1. The summed E-state index contributed by atoms with van der Waals surface area (Å²) in [5.41, 5.74) is 7.38. The zero-order chi connectivity index (χ0) is 14.7. The highest BCUT2D eigenvalue weighted by atomic mass is 35.5. The molecule has 0 aliphatic rings. The van der Waals surface area contributed by atoms with Gasteiger partial charge in [0.2, 0.25) is 0 Å². The molecule has 2 rings (SSSR count). The number of aromatic nitrogens is 1. The summed E-state index contributed by atoms with van der Waals surface area (Å²) in [7, 11) is 0. The lowest BCUT2D eigenvalue weighted by atomic mass is 10.1. The molecular weight excluding hydrogens is 295 g/mol. The molecule has 0 aliphatic heterocycles. The first kappa shape index (κ1) is 15.4. The minimum Gasteiger partial charge on any atom is -0.326 e.